The average molecular weight is 268 g/mol. The fraction of sp³-hybridized carbons (Fsp3) is 0.400. The third kappa shape index (κ3) is 4.52. The van der Waals surface area contributed by atoms with Gasteiger partial charge in [-0.15, -0.1) is 0 Å². The fourth-order valence-corrected chi connectivity index (χ4v) is 2.37. The number of benzene rings is 2. The molecule has 0 amide bonds. The van der Waals surface area contributed by atoms with Crippen molar-refractivity contribution in [3.63, 3.8) is 0 Å². The predicted molar refractivity (Wildman–Crippen MR) is 90.5 cm³/mol. The Balaban J connectivity index is 0.000000956. The summed E-state index contributed by atoms with van der Waals surface area (Å²) in [6.07, 6.45) is 3.41. The van der Waals surface area contributed by atoms with Crippen LogP contribution in [0.5, 0.6) is 0 Å². The topological polar surface area (TPSA) is 0 Å². The Hall–Kier alpha value is -1.56. The van der Waals surface area contributed by atoms with Crippen LogP contribution >= 0.6 is 0 Å². The molecule has 0 heterocycles. The highest BCUT2D eigenvalue weighted by Gasteiger charge is 2.02. The lowest BCUT2D eigenvalue weighted by Crippen LogP contribution is -1.97. The van der Waals surface area contributed by atoms with Gasteiger partial charge in [0, 0.05) is 0 Å². The van der Waals surface area contributed by atoms with Gasteiger partial charge in [0.15, 0.2) is 0 Å². The van der Waals surface area contributed by atoms with Gasteiger partial charge >= 0.3 is 0 Å². The standard InChI is InChI=1S/C18H22.C2H6/c1-4-16-10-9-15(3)18(13-16)12-11-17-8-6-5-7-14(17)2;1-2/h5-10,13H,4,11-12H2,1-3H3;1-2H3. The van der Waals surface area contributed by atoms with Crippen molar-refractivity contribution in [3.05, 3.63) is 70.3 Å². The molecule has 0 N–H and O–H groups in total. The molecule has 0 aliphatic carbocycles. The minimum atomic E-state index is 1.12. The van der Waals surface area contributed by atoms with E-state index in [1.807, 2.05) is 13.8 Å². The summed E-state index contributed by atoms with van der Waals surface area (Å²) in [5, 5.41) is 0. The van der Waals surface area contributed by atoms with Crippen LogP contribution in [-0.2, 0) is 19.3 Å². The Bertz CT molecular complexity index is 523. The molecule has 108 valence electrons. The van der Waals surface area contributed by atoms with Crippen molar-refractivity contribution in [2.75, 3.05) is 0 Å². The molecule has 0 saturated heterocycles. The molecular weight excluding hydrogens is 240 g/mol. The monoisotopic (exact) mass is 268 g/mol. The third-order valence-corrected chi connectivity index (χ3v) is 3.75. The summed E-state index contributed by atoms with van der Waals surface area (Å²) in [6, 6.07) is 15.6. The highest BCUT2D eigenvalue weighted by Crippen LogP contribution is 2.16. The Morgan fingerprint density at radius 3 is 2.00 bits per heavy atom. The molecule has 20 heavy (non-hydrogen) atoms. The molecule has 2 rings (SSSR count). The van der Waals surface area contributed by atoms with E-state index in [-0.39, 0.29) is 0 Å². The van der Waals surface area contributed by atoms with Crippen molar-refractivity contribution >= 4 is 0 Å². The zero-order valence-electron chi connectivity index (χ0n) is 13.7. The minimum absolute atomic E-state index is 1.12. The van der Waals surface area contributed by atoms with E-state index >= 15 is 0 Å². The van der Waals surface area contributed by atoms with Gasteiger partial charge in [-0.2, -0.15) is 0 Å². The summed E-state index contributed by atoms with van der Waals surface area (Å²) >= 11 is 0. The van der Waals surface area contributed by atoms with Crippen molar-refractivity contribution in [3.8, 4) is 0 Å². The maximum Gasteiger partial charge on any atom is -0.0235 e. The van der Waals surface area contributed by atoms with E-state index in [1.54, 1.807) is 0 Å². The lowest BCUT2D eigenvalue weighted by atomic mass is 9.96. The summed E-state index contributed by atoms with van der Waals surface area (Å²) in [6.45, 7) is 10.6. The van der Waals surface area contributed by atoms with Gasteiger partial charge in [-0.3, -0.25) is 0 Å². The Morgan fingerprint density at radius 2 is 1.35 bits per heavy atom. The first kappa shape index (κ1) is 16.5. The molecule has 0 heteroatoms. The molecule has 0 aliphatic rings. The highest BCUT2D eigenvalue weighted by atomic mass is 14.1. The summed E-state index contributed by atoms with van der Waals surface area (Å²) in [5.41, 5.74) is 7.24. The quantitative estimate of drug-likeness (QED) is 0.669. The van der Waals surface area contributed by atoms with E-state index in [4.69, 9.17) is 0 Å². The van der Waals surface area contributed by atoms with Gasteiger partial charge in [-0.1, -0.05) is 63.2 Å². The smallest absolute Gasteiger partial charge is 0.0235 e. The summed E-state index contributed by atoms with van der Waals surface area (Å²) in [7, 11) is 0. The van der Waals surface area contributed by atoms with E-state index in [0.29, 0.717) is 0 Å². The maximum absolute atomic E-state index is 2.37. The molecule has 0 fully saturated rings. The molecule has 0 aromatic heterocycles. The zero-order valence-corrected chi connectivity index (χ0v) is 13.7. The minimum Gasteiger partial charge on any atom is -0.0683 e. The lowest BCUT2D eigenvalue weighted by Gasteiger charge is -2.09. The van der Waals surface area contributed by atoms with Crippen molar-refractivity contribution < 1.29 is 0 Å². The molecule has 0 spiro atoms. The van der Waals surface area contributed by atoms with Crippen LogP contribution in [0.4, 0.5) is 0 Å². The number of hydrogen-bond acceptors (Lipinski definition) is 0. The van der Waals surface area contributed by atoms with E-state index in [9.17, 15) is 0 Å². The molecule has 0 nitrogen and oxygen atoms in total. The zero-order chi connectivity index (χ0) is 15.0. The lowest BCUT2D eigenvalue weighted by molar-refractivity contribution is 0.933. The van der Waals surface area contributed by atoms with Crippen LogP contribution < -0.4 is 0 Å². The second-order valence-electron chi connectivity index (χ2n) is 5.04. The molecule has 0 unspecified atom stereocenters. The second kappa shape index (κ2) is 8.58. The normalized spacial score (nSPS) is 9.85. The van der Waals surface area contributed by atoms with Gasteiger partial charge in [0.1, 0.15) is 0 Å². The average Bonchev–Trinajstić information content (AvgIpc) is 2.50. The summed E-state index contributed by atoms with van der Waals surface area (Å²) < 4.78 is 0. The number of rotatable bonds is 4. The molecule has 2 aromatic carbocycles. The highest BCUT2D eigenvalue weighted by molar-refractivity contribution is 5.33. The van der Waals surface area contributed by atoms with Gasteiger partial charge in [0.05, 0.1) is 0 Å². The summed E-state index contributed by atoms with van der Waals surface area (Å²) in [4.78, 5) is 0. The van der Waals surface area contributed by atoms with Crippen LogP contribution in [0, 0.1) is 13.8 Å². The van der Waals surface area contributed by atoms with E-state index in [1.165, 1.54) is 27.8 Å². The first-order valence-corrected chi connectivity index (χ1v) is 7.83. The third-order valence-electron chi connectivity index (χ3n) is 3.75. The van der Waals surface area contributed by atoms with Crippen LogP contribution in [0.3, 0.4) is 0 Å². The summed E-state index contributed by atoms with van der Waals surface area (Å²) in [5.74, 6) is 0. The number of hydrogen-bond donors (Lipinski definition) is 0. The molecular formula is C20H28. The fourth-order valence-electron chi connectivity index (χ4n) is 2.37. The molecule has 0 radical (unpaired) electrons. The van der Waals surface area contributed by atoms with Crippen molar-refractivity contribution in [2.45, 2.75) is 53.9 Å². The van der Waals surface area contributed by atoms with Gasteiger partial charge in [-0.05, 0) is 60.9 Å². The van der Waals surface area contributed by atoms with E-state index in [2.05, 4.69) is 63.2 Å². The molecule has 0 atom stereocenters. The van der Waals surface area contributed by atoms with Gasteiger partial charge < -0.3 is 0 Å². The predicted octanol–water partition coefficient (Wildman–Crippen LogP) is 5.68. The van der Waals surface area contributed by atoms with Crippen LogP contribution in [0.1, 0.15) is 48.6 Å². The number of aryl methyl sites for hydroxylation is 5. The second-order valence-corrected chi connectivity index (χ2v) is 5.04. The first-order valence-electron chi connectivity index (χ1n) is 7.83. The van der Waals surface area contributed by atoms with Crippen molar-refractivity contribution in [1.82, 2.24) is 0 Å². The van der Waals surface area contributed by atoms with Gasteiger partial charge in [-0.25, -0.2) is 0 Å². The van der Waals surface area contributed by atoms with Crippen LogP contribution in [0.25, 0.3) is 0 Å². The maximum atomic E-state index is 2.37. The first-order chi connectivity index (χ1) is 9.70. The Morgan fingerprint density at radius 1 is 0.750 bits per heavy atom. The van der Waals surface area contributed by atoms with Gasteiger partial charge in [0.25, 0.3) is 0 Å². The van der Waals surface area contributed by atoms with Gasteiger partial charge in [0.2, 0.25) is 0 Å². The van der Waals surface area contributed by atoms with E-state index < -0.39 is 0 Å². The largest absolute Gasteiger partial charge is 0.0683 e. The van der Waals surface area contributed by atoms with Crippen LogP contribution in [-0.4, -0.2) is 0 Å². The van der Waals surface area contributed by atoms with Crippen LogP contribution in [0.15, 0.2) is 42.5 Å². The SMILES string of the molecule is CC.CCc1ccc(C)c(CCc2ccccc2C)c1. The van der Waals surface area contributed by atoms with Crippen molar-refractivity contribution in [2.24, 2.45) is 0 Å². The molecule has 0 bridgehead atoms. The Kier molecular flexibility index (Phi) is 7.08. The Labute approximate surface area is 124 Å². The molecule has 0 saturated carbocycles. The van der Waals surface area contributed by atoms with Crippen molar-refractivity contribution in [1.29, 1.82) is 0 Å². The van der Waals surface area contributed by atoms with E-state index in [0.717, 1.165) is 19.3 Å². The molecule has 2 aromatic rings. The molecule has 0 aliphatic heterocycles. The van der Waals surface area contributed by atoms with Crippen LogP contribution in [0.2, 0.25) is 0 Å².